The van der Waals surface area contributed by atoms with Gasteiger partial charge in [0.2, 0.25) is 0 Å². The molecule has 0 amide bonds. The van der Waals surface area contributed by atoms with Gasteiger partial charge < -0.3 is 4.90 Å². The third kappa shape index (κ3) is 3.24. The van der Waals surface area contributed by atoms with Gasteiger partial charge in [0.05, 0.1) is 0 Å². The van der Waals surface area contributed by atoms with Crippen LogP contribution in [0, 0.1) is 0 Å². The van der Waals surface area contributed by atoms with Crippen LogP contribution >= 0.6 is 11.6 Å². The molecular formula is C13H18ClNO. The maximum atomic E-state index is 11.0. The molecule has 0 aliphatic rings. The van der Waals surface area contributed by atoms with Crippen LogP contribution in [-0.2, 0) is 0 Å². The molecule has 0 aliphatic carbocycles. The molecule has 3 heteroatoms. The molecule has 0 bridgehead atoms. The molecule has 0 aromatic heterocycles. The Labute approximate surface area is 102 Å². The molecule has 88 valence electrons. The van der Waals surface area contributed by atoms with Crippen molar-refractivity contribution in [2.45, 2.75) is 26.7 Å². The zero-order valence-corrected chi connectivity index (χ0v) is 10.6. The van der Waals surface area contributed by atoms with Crippen molar-refractivity contribution in [3.05, 3.63) is 28.8 Å². The standard InChI is InChI=1S/C13H18ClNO/c1-3-5-8-15(4-2)13-9-12(14)7-6-11(13)10-16/h6-7,9-10H,3-5,8H2,1-2H3. The fourth-order valence-electron chi connectivity index (χ4n) is 1.69. The molecule has 0 radical (unpaired) electrons. The highest BCUT2D eigenvalue weighted by molar-refractivity contribution is 6.31. The molecule has 1 aromatic rings. The number of unbranched alkanes of at least 4 members (excludes halogenated alkanes) is 1. The molecule has 1 rings (SSSR count). The Balaban J connectivity index is 2.97. The maximum Gasteiger partial charge on any atom is 0.152 e. The van der Waals surface area contributed by atoms with Crippen LogP contribution < -0.4 is 4.90 Å². The van der Waals surface area contributed by atoms with Gasteiger partial charge in [-0.25, -0.2) is 0 Å². The smallest absolute Gasteiger partial charge is 0.152 e. The predicted octanol–water partition coefficient (Wildman–Crippen LogP) is 3.78. The molecule has 0 N–H and O–H groups in total. The Kier molecular flexibility index (Phi) is 5.33. The minimum Gasteiger partial charge on any atom is -0.371 e. The lowest BCUT2D eigenvalue weighted by atomic mass is 10.1. The van der Waals surface area contributed by atoms with Crippen molar-refractivity contribution in [1.82, 2.24) is 0 Å². The number of hydrogen-bond acceptors (Lipinski definition) is 2. The zero-order valence-electron chi connectivity index (χ0n) is 9.87. The number of benzene rings is 1. The highest BCUT2D eigenvalue weighted by atomic mass is 35.5. The van der Waals surface area contributed by atoms with E-state index in [4.69, 9.17) is 11.6 Å². The lowest BCUT2D eigenvalue weighted by molar-refractivity contribution is 0.112. The second kappa shape index (κ2) is 6.54. The van der Waals surface area contributed by atoms with Gasteiger partial charge in [0, 0.05) is 29.4 Å². The topological polar surface area (TPSA) is 20.3 Å². The first-order valence-electron chi connectivity index (χ1n) is 5.72. The lowest BCUT2D eigenvalue weighted by Gasteiger charge is -2.24. The minimum atomic E-state index is 0.676. The predicted molar refractivity (Wildman–Crippen MR) is 69.6 cm³/mol. The number of anilines is 1. The Morgan fingerprint density at radius 2 is 2.12 bits per heavy atom. The summed E-state index contributed by atoms with van der Waals surface area (Å²) in [5.74, 6) is 0. The second-order valence-corrected chi connectivity index (χ2v) is 4.19. The Hall–Kier alpha value is -1.02. The SMILES string of the molecule is CCCCN(CC)c1cc(Cl)ccc1C=O. The molecule has 0 spiro atoms. The largest absolute Gasteiger partial charge is 0.371 e. The Bertz CT molecular complexity index is 352. The highest BCUT2D eigenvalue weighted by Gasteiger charge is 2.09. The summed E-state index contributed by atoms with van der Waals surface area (Å²) in [4.78, 5) is 13.2. The number of rotatable bonds is 6. The van der Waals surface area contributed by atoms with Crippen molar-refractivity contribution in [2.24, 2.45) is 0 Å². The van der Waals surface area contributed by atoms with E-state index in [9.17, 15) is 4.79 Å². The number of carbonyl (C=O) groups excluding carboxylic acids is 1. The van der Waals surface area contributed by atoms with Crippen molar-refractivity contribution in [3.63, 3.8) is 0 Å². The van der Waals surface area contributed by atoms with Crippen LogP contribution in [0.1, 0.15) is 37.0 Å². The molecular weight excluding hydrogens is 222 g/mol. The minimum absolute atomic E-state index is 0.676. The Morgan fingerprint density at radius 3 is 2.69 bits per heavy atom. The van der Waals surface area contributed by atoms with E-state index in [0.717, 1.165) is 37.9 Å². The van der Waals surface area contributed by atoms with Crippen LogP contribution in [0.5, 0.6) is 0 Å². The molecule has 16 heavy (non-hydrogen) atoms. The van der Waals surface area contributed by atoms with E-state index in [1.54, 1.807) is 12.1 Å². The highest BCUT2D eigenvalue weighted by Crippen LogP contribution is 2.24. The van der Waals surface area contributed by atoms with Crippen LogP contribution in [-0.4, -0.2) is 19.4 Å². The average molecular weight is 240 g/mol. The van der Waals surface area contributed by atoms with E-state index in [1.165, 1.54) is 0 Å². The number of aldehydes is 1. The van der Waals surface area contributed by atoms with Gasteiger partial charge in [-0.1, -0.05) is 24.9 Å². The van der Waals surface area contributed by atoms with E-state index >= 15 is 0 Å². The summed E-state index contributed by atoms with van der Waals surface area (Å²) in [6.45, 7) is 6.10. The van der Waals surface area contributed by atoms with Crippen molar-refractivity contribution < 1.29 is 4.79 Å². The van der Waals surface area contributed by atoms with Gasteiger partial charge in [-0.05, 0) is 31.5 Å². The molecule has 0 atom stereocenters. The molecule has 0 saturated heterocycles. The molecule has 0 heterocycles. The molecule has 0 unspecified atom stereocenters. The molecule has 1 aromatic carbocycles. The lowest BCUT2D eigenvalue weighted by Crippen LogP contribution is -2.24. The quantitative estimate of drug-likeness (QED) is 0.705. The van der Waals surface area contributed by atoms with Crippen LogP contribution in [0.3, 0.4) is 0 Å². The van der Waals surface area contributed by atoms with Gasteiger partial charge in [-0.15, -0.1) is 0 Å². The van der Waals surface area contributed by atoms with Gasteiger partial charge >= 0.3 is 0 Å². The van der Waals surface area contributed by atoms with Crippen molar-refractivity contribution in [3.8, 4) is 0 Å². The third-order valence-electron chi connectivity index (χ3n) is 2.62. The van der Waals surface area contributed by atoms with E-state index in [-0.39, 0.29) is 0 Å². The summed E-state index contributed by atoms with van der Waals surface area (Å²) in [5.41, 5.74) is 1.65. The molecule has 2 nitrogen and oxygen atoms in total. The summed E-state index contributed by atoms with van der Waals surface area (Å²) in [7, 11) is 0. The molecule has 0 saturated carbocycles. The van der Waals surface area contributed by atoms with Gasteiger partial charge in [0.15, 0.2) is 6.29 Å². The fraction of sp³-hybridized carbons (Fsp3) is 0.462. The van der Waals surface area contributed by atoms with E-state index in [0.29, 0.717) is 10.6 Å². The second-order valence-electron chi connectivity index (χ2n) is 3.75. The van der Waals surface area contributed by atoms with Crippen LogP contribution in [0.4, 0.5) is 5.69 Å². The zero-order chi connectivity index (χ0) is 12.0. The summed E-state index contributed by atoms with van der Waals surface area (Å²) >= 11 is 5.97. The van der Waals surface area contributed by atoms with Crippen LogP contribution in [0.15, 0.2) is 18.2 Å². The number of nitrogens with zero attached hydrogens (tertiary/aromatic N) is 1. The van der Waals surface area contributed by atoms with Gasteiger partial charge in [0.1, 0.15) is 0 Å². The molecule has 0 fully saturated rings. The van der Waals surface area contributed by atoms with Crippen molar-refractivity contribution in [1.29, 1.82) is 0 Å². The fourth-order valence-corrected chi connectivity index (χ4v) is 1.85. The van der Waals surface area contributed by atoms with Crippen molar-refractivity contribution in [2.75, 3.05) is 18.0 Å². The monoisotopic (exact) mass is 239 g/mol. The molecule has 0 aliphatic heterocycles. The van der Waals surface area contributed by atoms with E-state index in [2.05, 4.69) is 18.7 Å². The average Bonchev–Trinajstić information content (AvgIpc) is 2.30. The summed E-state index contributed by atoms with van der Waals surface area (Å²) < 4.78 is 0. The summed E-state index contributed by atoms with van der Waals surface area (Å²) in [6, 6.07) is 5.40. The van der Waals surface area contributed by atoms with Gasteiger partial charge in [-0.3, -0.25) is 4.79 Å². The van der Waals surface area contributed by atoms with Crippen LogP contribution in [0.25, 0.3) is 0 Å². The number of carbonyl (C=O) groups is 1. The van der Waals surface area contributed by atoms with Crippen molar-refractivity contribution >= 4 is 23.6 Å². The van der Waals surface area contributed by atoms with Gasteiger partial charge in [0.25, 0.3) is 0 Å². The number of hydrogen-bond donors (Lipinski definition) is 0. The Morgan fingerprint density at radius 1 is 1.38 bits per heavy atom. The van der Waals surface area contributed by atoms with Gasteiger partial charge in [-0.2, -0.15) is 0 Å². The maximum absolute atomic E-state index is 11.0. The normalized spacial score (nSPS) is 10.2. The number of halogens is 1. The summed E-state index contributed by atoms with van der Waals surface area (Å²) in [5, 5.41) is 0.676. The first kappa shape index (κ1) is 13.0. The van der Waals surface area contributed by atoms with Crippen LogP contribution in [0.2, 0.25) is 5.02 Å². The van der Waals surface area contributed by atoms with E-state index in [1.807, 2.05) is 6.07 Å². The first-order chi connectivity index (χ1) is 7.72. The van der Waals surface area contributed by atoms with E-state index < -0.39 is 0 Å². The summed E-state index contributed by atoms with van der Waals surface area (Å²) in [6.07, 6.45) is 3.16. The third-order valence-corrected chi connectivity index (χ3v) is 2.86. The first-order valence-corrected chi connectivity index (χ1v) is 6.10.